The molecule has 21 heavy (non-hydrogen) atoms. The summed E-state index contributed by atoms with van der Waals surface area (Å²) in [5.41, 5.74) is 5.76. The monoisotopic (exact) mass is 277 g/mol. The molecule has 1 heterocycles. The van der Waals surface area contributed by atoms with Gasteiger partial charge in [-0.15, -0.1) is 0 Å². The Morgan fingerprint density at radius 2 is 1.52 bits per heavy atom. The summed E-state index contributed by atoms with van der Waals surface area (Å²) in [4.78, 5) is 0. The Bertz CT molecular complexity index is 630. The Kier molecular flexibility index (Phi) is 4.12. The Labute approximate surface area is 125 Å². The number of aromatic amines is 1. The number of likely N-dealkylation sites (N-methyl/N-ethyl adjacent to an activating group) is 1. The van der Waals surface area contributed by atoms with Gasteiger partial charge < -0.3 is 5.32 Å². The molecule has 0 bridgehead atoms. The van der Waals surface area contributed by atoms with E-state index in [2.05, 4.69) is 51.9 Å². The van der Waals surface area contributed by atoms with Gasteiger partial charge in [0.25, 0.3) is 0 Å². The summed E-state index contributed by atoms with van der Waals surface area (Å²) >= 11 is 0. The van der Waals surface area contributed by atoms with Crippen LogP contribution in [-0.4, -0.2) is 23.8 Å². The van der Waals surface area contributed by atoms with Crippen molar-refractivity contribution in [2.45, 2.75) is 6.42 Å². The Morgan fingerprint density at radius 3 is 2.14 bits per heavy atom. The molecular formula is C18H19N3. The Balaban J connectivity index is 2.07. The maximum atomic E-state index is 4.56. The molecule has 0 atom stereocenters. The first-order chi connectivity index (χ1) is 10.4. The number of H-pyrrole nitrogens is 1. The van der Waals surface area contributed by atoms with Crippen LogP contribution in [0.1, 0.15) is 5.56 Å². The van der Waals surface area contributed by atoms with Gasteiger partial charge in [-0.25, -0.2) is 0 Å². The second-order valence-corrected chi connectivity index (χ2v) is 5.01. The summed E-state index contributed by atoms with van der Waals surface area (Å²) in [6.45, 7) is 0.930. The van der Waals surface area contributed by atoms with Gasteiger partial charge in [0.15, 0.2) is 0 Å². The molecule has 106 valence electrons. The fourth-order valence-corrected chi connectivity index (χ4v) is 2.54. The molecule has 0 aliphatic carbocycles. The second-order valence-electron chi connectivity index (χ2n) is 5.01. The van der Waals surface area contributed by atoms with Gasteiger partial charge in [0.05, 0.1) is 11.4 Å². The van der Waals surface area contributed by atoms with Crippen molar-refractivity contribution < 1.29 is 0 Å². The number of aromatic nitrogens is 2. The lowest BCUT2D eigenvalue weighted by molar-refractivity contribution is 0.794. The molecule has 3 nitrogen and oxygen atoms in total. The molecule has 0 saturated carbocycles. The fraction of sp³-hybridized carbons (Fsp3) is 0.167. The molecule has 0 saturated heterocycles. The summed E-state index contributed by atoms with van der Waals surface area (Å²) in [7, 11) is 1.98. The lowest BCUT2D eigenvalue weighted by atomic mass is 9.99. The van der Waals surface area contributed by atoms with E-state index in [-0.39, 0.29) is 0 Å². The number of nitrogens with one attached hydrogen (secondary N) is 2. The third-order valence-corrected chi connectivity index (χ3v) is 3.60. The minimum absolute atomic E-state index is 0.930. The van der Waals surface area contributed by atoms with Gasteiger partial charge in [0.1, 0.15) is 0 Å². The summed E-state index contributed by atoms with van der Waals surface area (Å²) in [5, 5.41) is 11.0. The van der Waals surface area contributed by atoms with Gasteiger partial charge in [-0.05, 0) is 25.6 Å². The van der Waals surface area contributed by atoms with E-state index >= 15 is 0 Å². The number of rotatable bonds is 5. The van der Waals surface area contributed by atoms with Crippen LogP contribution in [0.15, 0.2) is 60.7 Å². The Hall–Kier alpha value is -2.39. The van der Waals surface area contributed by atoms with Gasteiger partial charge in [-0.3, -0.25) is 5.10 Å². The largest absolute Gasteiger partial charge is 0.319 e. The Morgan fingerprint density at radius 1 is 0.905 bits per heavy atom. The number of benzene rings is 2. The van der Waals surface area contributed by atoms with Crippen molar-refractivity contribution in [2.24, 2.45) is 0 Å². The van der Waals surface area contributed by atoms with E-state index in [0.717, 1.165) is 29.9 Å². The maximum absolute atomic E-state index is 4.56. The smallest absolute Gasteiger partial charge is 0.0959 e. The molecule has 0 fully saturated rings. The zero-order valence-electron chi connectivity index (χ0n) is 12.1. The minimum Gasteiger partial charge on any atom is -0.319 e. The molecule has 0 aliphatic heterocycles. The lowest BCUT2D eigenvalue weighted by Crippen LogP contribution is -2.11. The minimum atomic E-state index is 0.930. The van der Waals surface area contributed by atoms with Crippen LogP contribution in [0.5, 0.6) is 0 Å². The van der Waals surface area contributed by atoms with Gasteiger partial charge in [0.2, 0.25) is 0 Å². The SMILES string of the molecule is CNCCc1c(-c2ccccc2)n[nH]c1-c1ccccc1. The van der Waals surface area contributed by atoms with Gasteiger partial charge in [-0.2, -0.15) is 5.10 Å². The highest BCUT2D eigenvalue weighted by atomic mass is 15.1. The van der Waals surface area contributed by atoms with Crippen molar-refractivity contribution in [1.29, 1.82) is 0 Å². The summed E-state index contributed by atoms with van der Waals surface area (Å²) in [6.07, 6.45) is 0.946. The molecule has 0 aliphatic rings. The van der Waals surface area contributed by atoms with Crippen molar-refractivity contribution in [2.75, 3.05) is 13.6 Å². The topological polar surface area (TPSA) is 40.7 Å². The van der Waals surface area contributed by atoms with Crippen LogP contribution in [0.3, 0.4) is 0 Å². The zero-order valence-corrected chi connectivity index (χ0v) is 12.1. The van der Waals surface area contributed by atoms with Crippen molar-refractivity contribution in [3.8, 4) is 22.5 Å². The fourth-order valence-electron chi connectivity index (χ4n) is 2.54. The molecule has 3 rings (SSSR count). The highest BCUT2D eigenvalue weighted by Crippen LogP contribution is 2.30. The van der Waals surface area contributed by atoms with Crippen LogP contribution in [0.25, 0.3) is 22.5 Å². The number of hydrogen-bond acceptors (Lipinski definition) is 2. The van der Waals surface area contributed by atoms with E-state index in [1.54, 1.807) is 0 Å². The predicted molar refractivity (Wildman–Crippen MR) is 87.1 cm³/mol. The van der Waals surface area contributed by atoms with E-state index < -0.39 is 0 Å². The zero-order chi connectivity index (χ0) is 14.5. The molecule has 0 radical (unpaired) electrons. The van der Waals surface area contributed by atoms with Gasteiger partial charge >= 0.3 is 0 Å². The quantitative estimate of drug-likeness (QED) is 0.749. The number of nitrogens with zero attached hydrogens (tertiary/aromatic N) is 1. The standard InChI is InChI=1S/C18H19N3/c1-19-13-12-16-17(14-8-4-2-5-9-14)20-21-18(16)15-10-6-3-7-11-15/h2-11,19H,12-13H2,1H3,(H,20,21). The summed E-state index contributed by atoms with van der Waals surface area (Å²) < 4.78 is 0. The van der Waals surface area contributed by atoms with Crippen LogP contribution in [-0.2, 0) is 6.42 Å². The first-order valence-electron chi connectivity index (χ1n) is 7.23. The normalized spacial score (nSPS) is 10.7. The molecule has 0 spiro atoms. The lowest BCUT2D eigenvalue weighted by Gasteiger charge is -2.06. The molecule has 3 aromatic rings. The summed E-state index contributed by atoms with van der Waals surface area (Å²) in [5.74, 6) is 0. The van der Waals surface area contributed by atoms with Crippen LogP contribution in [0.4, 0.5) is 0 Å². The highest BCUT2D eigenvalue weighted by molar-refractivity contribution is 5.74. The maximum Gasteiger partial charge on any atom is 0.0959 e. The van der Waals surface area contributed by atoms with Gasteiger partial charge in [0, 0.05) is 11.1 Å². The second kappa shape index (κ2) is 6.37. The van der Waals surface area contributed by atoms with Crippen LogP contribution < -0.4 is 5.32 Å². The van der Waals surface area contributed by atoms with Crippen molar-refractivity contribution in [1.82, 2.24) is 15.5 Å². The number of hydrogen-bond donors (Lipinski definition) is 2. The van der Waals surface area contributed by atoms with Crippen molar-refractivity contribution >= 4 is 0 Å². The van der Waals surface area contributed by atoms with E-state index in [0.29, 0.717) is 0 Å². The van der Waals surface area contributed by atoms with E-state index in [1.165, 1.54) is 11.1 Å². The molecule has 1 aromatic heterocycles. The van der Waals surface area contributed by atoms with Gasteiger partial charge in [-0.1, -0.05) is 60.7 Å². The molecule has 0 amide bonds. The molecule has 0 unspecified atom stereocenters. The molecule has 3 heteroatoms. The third kappa shape index (κ3) is 2.88. The third-order valence-electron chi connectivity index (χ3n) is 3.60. The average Bonchev–Trinajstić information content (AvgIpc) is 2.98. The summed E-state index contributed by atoms with van der Waals surface area (Å²) in [6, 6.07) is 20.7. The first-order valence-corrected chi connectivity index (χ1v) is 7.23. The predicted octanol–water partition coefficient (Wildman–Crippen LogP) is 3.51. The highest BCUT2D eigenvalue weighted by Gasteiger charge is 2.15. The molecular weight excluding hydrogens is 258 g/mol. The van der Waals surface area contributed by atoms with E-state index in [9.17, 15) is 0 Å². The van der Waals surface area contributed by atoms with Crippen LogP contribution >= 0.6 is 0 Å². The molecule has 2 N–H and O–H groups in total. The van der Waals surface area contributed by atoms with Crippen LogP contribution in [0, 0.1) is 0 Å². The van der Waals surface area contributed by atoms with E-state index in [4.69, 9.17) is 0 Å². The van der Waals surface area contributed by atoms with Crippen molar-refractivity contribution in [3.05, 3.63) is 66.2 Å². The van der Waals surface area contributed by atoms with E-state index in [1.807, 2.05) is 31.3 Å². The average molecular weight is 277 g/mol. The first kappa shape index (κ1) is 13.6. The van der Waals surface area contributed by atoms with Crippen molar-refractivity contribution in [3.63, 3.8) is 0 Å². The van der Waals surface area contributed by atoms with Crippen LogP contribution in [0.2, 0.25) is 0 Å². The molecule has 2 aromatic carbocycles.